The Morgan fingerprint density at radius 3 is 2.59 bits per heavy atom. The van der Waals surface area contributed by atoms with E-state index in [0.29, 0.717) is 22.0 Å². The van der Waals surface area contributed by atoms with E-state index in [9.17, 15) is 27.2 Å². The Labute approximate surface area is 180 Å². The fraction of sp³-hybridized carbons (Fsp3) is 0.318. The second-order valence-electron chi connectivity index (χ2n) is 7.90. The van der Waals surface area contributed by atoms with Gasteiger partial charge >= 0.3 is 6.18 Å². The van der Waals surface area contributed by atoms with Crippen molar-refractivity contribution in [2.75, 3.05) is 19.6 Å². The number of nitrogens with zero attached hydrogens (tertiary/aromatic N) is 2. The van der Waals surface area contributed by atoms with Crippen LogP contribution in [0.4, 0.5) is 17.6 Å². The quantitative estimate of drug-likeness (QED) is 0.587. The third-order valence-corrected chi connectivity index (χ3v) is 5.61. The average molecular weight is 448 g/mol. The zero-order valence-corrected chi connectivity index (χ0v) is 17.0. The molecule has 0 radical (unpaired) electrons. The maximum Gasteiger partial charge on any atom is 0.392 e. The molecule has 1 atom stereocenters. The number of amides is 1. The van der Waals surface area contributed by atoms with Crippen molar-refractivity contribution >= 4 is 16.7 Å². The number of benzene rings is 2. The van der Waals surface area contributed by atoms with E-state index >= 15 is 0 Å². The summed E-state index contributed by atoms with van der Waals surface area (Å²) in [6, 6.07) is 10.5. The number of carbonyl (C=O) groups excluding carboxylic acids is 1. The van der Waals surface area contributed by atoms with Crippen LogP contribution in [-0.2, 0) is 0 Å². The predicted octanol–water partition coefficient (Wildman–Crippen LogP) is 3.34. The predicted molar refractivity (Wildman–Crippen MR) is 111 cm³/mol. The molecule has 1 aromatic heterocycles. The molecule has 168 valence electrons. The molecule has 1 fully saturated rings. The number of aromatic amines is 1. The van der Waals surface area contributed by atoms with Crippen LogP contribution in [0, 0.1) is 11.7 Å². The number of likely N-dealkylation sites (tertiary alicyclic amines) is 1. The Balaban J connectivity index is 1.51. The first-order valence-electron chi connectivity index (χ1n) is 10.0. The van der Waals surface area contributed by atoms with Crippen molar-refractivity contribution in [1.82, 2.24) is 20.4 Å². The highest BCUT2D eigenvalue weighted by Gasteiger charge is 2.38. The number of alkyl halides is 3. The van der Waals surface area contributed by atoms with Crippen molar-refractivity contribution < 1.29 is 22.4 Å². The van der Waals surface area contributed by atoms with Crippen LogP contribution in [0.1, 0.15) is 17.3 Å². The van der Waals surface area contributed by atoms with E-state index in [1.807, 2.05) is 0 Å². The molecule has 4 rings (SSSR count). The Hall–Kier alpha value is -3.27. The lowest BCUT2D eigenvalue weighted by molar-refractivity contribution is -0.168. The van der Waals surface area contributed by atoms with Gasteiger partial charge in [-0.25, -0.2) is 9.49 Å². The summed E-state index contributed by atoms with van der Waals surface area (Å²) in [5.41, 5.74) is 0.332. The number of hydrogen-bond donors (Lipinski definition) is 2. The van der Waals surface area contributed by atoms with Gasteiger partial charge in [0.1, 0.15) is 5.82 Å². The minimum absolute atomic E-state index is 0.165. The molecular formula is C22H20F4N4O2. The van der Waals surface area contributed by atoms with Gasteiger partial charge in [0.25, 0.3) is 11.5 Å². The normalized spacial score (nSPS) is 15.6. The Morgan fingerprint density at radius 2 is 1.91 bits per heavy atom. The largest absolute Gasteiger partial charge is 0.392 e. The van der Waals surface area contributed by atoms with Crippen LogP contribution in [0.25, 0.3) is 22.0 Å². The lowest BCUT2D eigenvalue weighted by atomic mass is 10.0. The van der Waals surface area contributed by atoms with Crippen molar-refractivity contribution in [2.45, 2.75) is 19.1 Å². The molecule has 0 saturated carbocycles. The second kappa shape index (κ2) is 8.34. The van der Waals surface area contributed by atoms with Crippen LogP contribution in [0.2, 0.25) is 0 Å². The minimum Gasteiger partial charge on any atom is -0.335 e. The number of H-pyrrole nitrogens is 1. The fourth-order valence-electron chi connectivity index (χ4n) is 3.57. The van der Waals surface area contributed by atoms with Crippen molar-refractivity contribution in [3.8, 4) is 11.3 Å². The summed E-state index contributed by atoms with van der Waals surface area (Å²) in [5.74, 6) is -2.77. The molecule has 0 spiro atoms. The molecule has 1 aliphatic rings. The zero-order chi connectivity index (χ0) is 23.0. The Morgan fingerprint density at radius 1 is 1.22 bits per heavy atom. The van der Waals surface area contributed by atoms with Gasteiger partial charge in [0.05, 0.1) is 22.6 Å². The molecule has 32 heavy (non-hydrogen) atoms. The van der Waals surface area contributed by atoms with Crippen LogP contribution in [0.15, 0.2) is 47.3 Å². The third-order valence-electron chi connectivity index (χ3n) is 5.61. The van der Waals surface area contributed by atoms with Crippen LogP contribution in [0.5, 0.6) is 0 Å². The highest BCUT2D eigenvalue weighted by molar-refractivity contribution is 5.98. The van der Waals surface area contributed by atoms with E-state index < -0.39 is 23.8 Å². The minimum atomic E-state index is -4.28. The van der Waals surface area contributed by atoms with Gasteiger partial charge in [0.2, 0.25) is 0 Å². The molecule has 3 aromatic rings. The molecule has 2 N–H and O–H groups in total. The highest BCUT2D eigenvalue weighted by Crippen LogP contribution is 2.28. The van der Waals surface area contributed by atoms with E-state index in [1.165, 1.54) is 17.0 Å². The molecule has 1 aliphatic heterocycles. The molecule has 1 amide bonds. The Bertz CT molecular complexity index is 1220. The fourth-order valence-corrected chi connectivity index (χ4v) is 3.57. The number of rotatable bonds is 5. The highest BCUT2D eigenvalue weighted by atomic mass is 19.4. The van der Waals surface area contributed by atoms with Gasteiger partial charge < -0.3 is 10.2 Å². The number of carbonyl (C=O) groups is 1. The summed E-state index contributed by atoms with van der Waals surface area (Å²) < 4.78 is 52.3. The molecular weight excluding hydrogens is 428 g/mol. The van der Waals surface area contributed by atoms with Crippen molar-refractivity contribution in [2.24, 2.45) is 5.92 Å². The van der Waals surface area contributed by atoms with E-state index in [1.54, 1.807) is 24.3 Å². The zero-order valence-electron chi connectivity index (χ0n) is 17.0. The lowest BCUT2D eigenvalue weighted by Gasteiger charge is -2.40. The standard InChI is InChI=1S/C22H20F4N4O2/c1-12(22(24,25)26)9-27-14-10-30(11-14)21(32)17-8-13(6-7-18(17)23)19-15-4-2-3-5-16(15)20(31)29-28-19/h2-8,12,14,27H,9-11H2,1H3,(H,29,31). The first-order valence-corrected chi connectivity index (χ1v) is 10.0. The lowest BCUT2D eigenvalue weighted by Crippen LogP contribution is -2.60. The number of fused-ring (bicyclic) bond motifs is 1. The van der Waals surface area contributed by atoms with Crippen molar-refractivity contribution in [1.29, 1.82) is 0 Å². The van der Waals surface area contributed by atoms with Crippen molar-refractivity contribution in [3.63, 3.8) is 0 Å². The van der Waals surface area contributed by atoms with Gasteiger partial charge in [-0.3, -0.25) is 9.59 Å². The van der Waals surface area contributed by atoms with Gasteiger partial charge in [-0.2, -0.15) is 18.3 Å². The summed E-state index contributed by atoms with van der Waals surface area (Å²) >= 11 is 0. The molecule has 1 unspecified atom stereocenters. The van der Waals surface area contributed by atoms with Gasteiger partial charge in [0, 0.05) is 36.6 Å². The topological polar surface area (TPSA) is 78.1 Å². The monoisotopic (exact) mass is 448 g/mol. The molecule has 0 bridgehead atoms. The maximum atomic E-state index is 14.5. The van der Waals surface area contributed by atoms with Gasteiger partial charge in [-0.15, -0.1) is 0 Å². The number of aromatic nitrogens is 2. The van der Waals surface area contributed by atoms with E-state index in [4.69, 9.17) is 0 Å². The number of hydrogen-bond acceptors (Lipinski definition) is 4. The number of nitrogens with one attached hydrogen (secondary N) is 2. The van der Waals surface area contributed by atoms with E-state index in [0.717, 1.165) is 13.0 Å². The van der Waals surface area contributed by atoms with Crippen LogP contribution in [0.3, 0.4) is 0 Å². The van der Waals surface area contributed by atoms with Gasteiger partial charge in [-0.1, -0.05) is 25.1 Å². The summed E-state index contributed by atoms with van der Waals surface area (Å²) in [5, 5.41) is 10.2. The molecule has 6 nitrogen and oxygen atoms in total. The van der Waals surface area contributed by atoms with E-state index in [-0.39, 0.29) is 36.8 Å². The van der Waals surface area contributed by atoms with Gasteiger partial charge in [0.15, 0.2) is 0 Å². The molecule has 2 aromatic carbocycles. The average Bonchev–Trinajstić information content (AvgIpc) is 2.72. The molecule has 0 aliphatic carbocycles. The van der Waals surface area contributed by atoms with Crippen LogP contribution >= 0.6 is 0 Å². The maximum absolute atomic E-state index is 14.5. The van der Waals surface area contributed by atoms with Crippen LogP contribution in [-0.4, -0.2) is 52.9 Å². The summed E-state index contributed by atoms with van der Waals surface area (Å²) in [7, 11) is 0. The van der Waals surface area contributed by atoms with Gasteiger partial charge in [-0.05, 0) is 24.3 Å². The first kappa shape index (κ1) is 21.9. The van der Waals surface area contributed by atoms with Crippen LogP contribution < -0.4 is 10.9 Å². The summed E-state index contributed by atoms with van der Waals surface area (Å²) in [6.45, 7) is 1.22. The second-order valence-corrected chi connectivity index (χ2v) is 7.90. The molecule has 1 saturated heterocycles. The molecule has 2 heterocycles. The molecule has 10 heteroatoms. The smallest absolute Gasteiger partial charge is 0.335 e. The number of halogens is 4. The van der Waals surface area contributed by atoms with Crippen molar-refractivity contribution in [3.05, 3.63) is 64.2 Å². The SMILES string of the molecule is CC(CNC1CN(C(=O)c2cc(-c3n[nH]c(=O)c4ccccc34)ccc2F)C1)C(F)(F)F. The Kier molecular flexibility index (Phi) is 5.72. The summed E-state index contributed by atoms with van der Waals surface area (Å²) in [4.78, 5) is 26.2. The summed E-state index contributed by atoms with van der Waals surface area (Å²) in [6.07, 6.45) is -4.28. The third kappa shape index (κ3) is 4.22. The first-order chi connectivity index (χ1) is 15.1. The van der Waals surface area contributed by atoms with E-state index in [2.05, 4.69) is 15.5 Å².